The van der Waals surface area contributed by atoms with E-state index in [0.29, 0.717) is 49.6 Å². The number of aromatic nitrogens is 2. The number of sulfonamides is 1. The Hall–Kier alpha value is -2.82. The maximum atomic E-state index is 13.2. The topological polar surface area (TPSA) is 93.5 Å². The number of nitrogens with one attached hydrogen (secondary N) is 1. The molecular formula is C22H25FN4O4S. The van der Waals surface area contributed by atoms with E-state index in [-0.39, 0.29) is 29.6 Å². The summed E-state index contributed by atoms with van der Waals surface area (Å²) in [6.45, 7) is 1.69. The Morgan fingerprint density at radius 1 is 1.19 bits per heavy atom. The lowest BCUT2D eigenvalue weighted by molar-refractivity contribution is -0.121. The molecule has 0 radical (unpaired) electrons. The van der Waals surface area contributed by atoms with Crippen molar-refractivity contribution in [3.63, 3.8) is 0 Å². The Morgan fingerprint density at radius 2 is 1.97 bits per heavy atom. The Bertz CT molecular complexity index is 1240. The van der Waals surface area contributed by atoms with Crippen LogP contribution in [0.15, 0.2) is 47.4 Å². The molecule has 3 aromatic rings. The molecule has 1 aliphatic heterocycles. The van der Waals surface area contributed by atoms with Gasteiger partial charge in [0, 0.05) is 39.5 Å². The van der Waals surface area contributed by atoms with E-state index in [1.165, 1.54) is 16.4 Å². The maximum Gasteiger partial charge on any atom is 0.243 e. The van der Waals surface area contributed by atoms with Gasteiger partial charge >= 0.3 is 0 Å². The molecule has 0 atom stereocenters. The number of rotatable bonds is 7. The predicted octanol–water partition coefficient (Wildman–Crippen LogP) is 1.98. The zero-order valence-corrected chi connectivity index (χ0v) is 18.6. The molecule has 0 saturated carbocycles. The minimum atomic E-state index is -3.61. The van der Waals surface area contributed by atoms with Crippen LogP contribution in [0.4, 0.5) is 4.39 Å². The average Bonchev–Trinajstić information content (AvgIpc) is 3.12. The average molecular weight is 461 g/mol. The molecule has 1 N–H and O–H groups in total. The van der Waals surface area contributed by atoms with Crippen molar-refractivity contribution in [2.75, 3.05) is 26.3 Å². The summed E-state index contributed by atoms with van der Waals surface area (Å²) in [5, 5.41) is 2.78. The monoisotopic (exact) mass is 460 g/mol. The second-order valence-corrected chi connectivity index (χ2v) is 9.60. The number of fused-ring (bicyclic) bond motifs is 1. The van der Waals surface area contributed by atoms with Gasteiger partial charge in [0.2, 0.25) is 15.9 Å². The van der Waals surface area contributed by atoms with Crippen LogP contribution >= 0.6 is 0 Å². The third kappa shape index (κ3) is 4.82. The third-order valence-electron chi connectivity index (χ3n) is 5.51. The first kappa shape index (κ1) is 22.4. The summed E-state index contributed by atoms with van der Waals surface area (Å²) in [4.78, 5) is 17.0. The van der Waals surface area contributed by atoms with E-state index in [2.05, 4.69) is 10.3 Å². The van der Waals surface area contributed by atoms with Gasteiger partial charge in [-0.05, 0) is 35.9 Å². The van der Waals surface area contributed by atoms with Gasteiger partial charge in [-0.3, -0.25) is 4.79 Å². The van der Waals surface area contributed by atoms with Gasteiger partial charge in [-0.15, -0.1) is 0 Å². The normalized spacial score (nSPS) is 15.2. The molecule has 1 aromatic heterocycles. The van der Waals surface area contributed by atoms with Gasteiger partial charge in [-0.2, -0.15) is 4.31 Å². The minimum absolute atomic E-state index is 0.170. The molecule has 0 spiro atoms. The molecule has 1 saturated heterocycles. The molecule has 1 aliphatic rings. The first-order valence-corrected chi connectivity index (χ1v) is 11.8. The van der Waals surface area contributed by atoms with E-state index >= 15 is 0 Å². The molecular weight excluding hydrogens is 435 g/mol. The number of aryl methyl sites for hydroxylation is 2. The first-order chi connectivity index (χ1) is 15.3. The van der Waals surface area contributed by atoms with Crippen molar-refractivity contribution in [2.24, 2.45) is 7.05 Å². The summed E-state index contributed by atoms with van der Waals surface area (Å²) in [7, 11) is -1.77. The summed E-state index contributed by atoms with van der Waals surface area (Å²) in [5.41, 5.74) is 2.05. The van der Waals surface area contributed by atoms with E-state index in [1.54, 1.807) is 30.3 Å². The summed E-state index contributed by atoms with van der Waals surface area (Å²) in [6, 6.07) is 11.0. The fourth-order valence-corrected chi connectivity index (χ4v) is 5.14. The lowest BCUT2D eigenvalue weighted by Crippen LogP contribution is -2.40. The molecule has 1 amide bonds. The first-order valence-electron chi connectivity index (χ1n) is 10.4. The molecule has 1 fully saturated rings. The van der Waals surface area contributed by atoms with Crippen LogP contribution in [0.2, 0.25) is 0 Å². The van der Waals surface area contributed by atoms with Gasteiger partial charge in [0.05, 0.1) is 29.1 Å². The van der Waals surface area contributed by atoms with Crippen molar-refractivity contribution in [1.29, 1.82) is 0 Å². The zero-order chi connectivity index (χ0) is 22.7. The van der Waals surface area contributed by atoms with Crippen LogP contribution in [0.25, 0.3) is 11.0 Å². The Morgan fingerprint density at radius 3 is 2.72 bits per heavy atom. The highest BCUT2D eigenvalue weighted by atomic mass is 32.2. The number of carbonyl (C=O) groups excluding carboxylic acids is 1. The maximum absolute atomic E-state index is 13.2. The molecule has 4 rings (SSSR count). The fraction of sp³-hybridized carbons (Fsp3) is 0.364. The molecule has 2 heterocycles. The van der Waals surface area contributed by atoms with Gasteiger partial charge in [0.25, 0.3) is 0 Å². The number of morpholine rings is 1. The molecule has 0 aliphatic carbocycles. The predicted molar refractivity (Wildman–Crippen MR) is 117 cm³/mol. The summed E-state index contributed by atoms with van der Waals surface area (Å²) in [6.07, 6.45) is 0.608. The number of hydrogen-bond donors (Lipinski definition) is 1. The van der Waals surface area contributed by atoms with Crippen LogP contribution in [0.1, 0.15) is 17.8 Å². The van der Waals surface area contributed by atoms with Crippen molar-refractivity contribution >= 4 is 27.0 Å². The Kier molecular flexibility index (Phi) is 6.54. The van der Waals surface area contributed by atoms with E-state index in [4.69, 9.17) is 4.74 Å². The van der Waals surface area contributed by atoms with Crippen LogP contribution < -0.4 is 5.32 Å². The number of amides is 1. The van der Waals surface area contributed by atoms with Gasteiger partial charge in [-0.1, -0.05) is 12.1 Å². The van der Waals surface area contributed by atoms with E-state index in [1.807, 2.05) is 11.6 Å². The fourth-order valence-electron chi connectivity index (χ4n) is 3.71. The SMILES string of the molecule is Cn1c(CCC(=O)NCc2cccc(F)c2)nc2cc(S(=O)(=O)N3CCOCC3)ccc21. The van der Waals surface area contributed by atoms with Crippen LogP contribution in [-0.4, -0.2) is 54.5 Å². The number of carbonyl (C=O) groups is 1. The number of ether oxygens (including phenoxy) is 1. The van der Waals surface area contributed by atoms with Crippen LogP contribution in [0.5, 0.6) is 0 Å². The summed E-state index contributed by atoms with van der Waals surface area (Å²) in [5.74, 6) is 0.171. The lowest BCUT2D eigenvalue weighted by atomic mass is 10.2. The van der Waals surface area contributed by atoms with Gasteiger partial charge in [-0.25, -0.2) is 17.8 Å². The molecule has 32 heavy (non-hydrogen) atoms. The van der Waals surface area contributed by atoms with Gasteiger partial charge in [0.15, 0.2) is 0 Å². The summed E-state index contributed by atoms with van der Waals surface area (Å²) < 4.78 is 47.6. The second-order valence-electron chi connectivity index (χ2n) is 7.66. The molecule has 2 aromatic carbocycles. The minimum Gasteiger partial charge on any atom is -0.379 e. The quantitative estimate of drug-likeness (QED) is 0.582. The van der Waals surface area contributed by atoms with E-state index < -0.39 is 10.0 Å². The highest BCUT2D eigenvalue weighted by molar-refractivity contribution is 7.89. The highest BCUT2D eigenvalue weighted by Crippen LogP contribution is 2.23. The largest absolute Gasteiger partial charge is 0.379 e. The summed E-state index contributed by atoms with van der Waals surface area (Å²) >= 11 is 0. The molecule has 0 unspecified atom stereocenters. The highest BCUT2D eigenvalue weighted by Gasteiger charge is 2.27. The molecule has 0 bridgehead atoms. The van der Waals surface area contributed by atoms with Crippen molar-refractivity contribution in [3.8, 4) is 0 Å². The van der Waals surface area contributed by atoms with E-state index in [9.17, 15) is 17.6 Å². The molecule has 8 nitrogen and oxygen atoms in total. The lowest BCUT2D eigenvalue weighted by Gasteiger charge is -2.26. The van der Waals surface area contributed by atoms with Crippen molar-refractivity contribution in [1.82, 2.24) is 19.2 Å². The van der Waals surface area contributed by atoms with Crippen molar-refractivity contribution in [2.45, 2.75) is 24.3 Å². The number of nitrogens with zero attached hydrogens (tertiary/aromatic N) is 3. The smallest absolute Gasteiger partial charge is 0.243 e. The standard InChI is InChI=1S/C22H25FN4O4S/c1-26-20-6-5-18(32(29,30)27-9-11-31-12-10-27)14-19(20)25-21(26)7-8-22(28)24-15-16-3-2-4-17(23)13-16/h2-6,13-14H,7-12,15H2,1H3,(H,24,28). The molecule has 170 valence electrons. The molecule has 10 heteroatoms. The zero-order valence-electron chi connectivity index (χ0n) is 17.8. The van der Waals surface area contributed by atoms with Gasteiger partial charge < -0.3 is 14.6 Å². The van der Waals surface area contributed by atoms with Crippen LogP contribution in [-0.2, 0) is 39.6 Å². The number of halogens is 1. The van der Waals surface area contributed by atoms with Crippen LogP contribution in [0.3, 0.4) is 0 Å². The second kappa shape index (κ2) is 9.35. The van der Waals surface area contributed by atoms with Crippen LogP contribution in [0, 0.1) is 5.82 Å². The number of imidazole rings is 1. The Labute approximate surface area is 186 Å². The van der Waals surface area contributed by atoms with Gasteiger partial charge in [0.1, 0.15) is 11.6 Å². The van der Waals surface area contributed by atoms with E-state index in [0.717, 1.165) is 5.52 Å². The number of hydrogen-bond acceptors (Lipinski definition) is 5. The number of benzene rings is 2. The third-order valence-corrected chi connectivity index (χ3v) is 7.40. The van der Waals surface area contributed by atoms with Crippen molar-refractivity contribution in [3.05, 3.63) is 59.7 Å². The Balaban J connectivity index is 1.43. The van der Waals surface area contributed by atoms with Crippen molar-refractivity contribution < 1.29 is 22.3 Å².